The summed E-state index contributed by atoms with van der Waals surface area (Å²) in [4.78, 5) is 17.5. The molecule has 0 amide bonds. The van der Waals surface area contributed by atoms with E-state index in [1.54, 1.807) is 18.2 Å². The Hall–Kier alpha value is -2.63. The largest absolute Gasteiger partial charge is 0.493 e. The van der Waals surface area contributed by atoms with Gasteiger partial charge in [0.15, 0.2) is 0 Å². The van der Waals surface area contributed by atoms with Gasteiger partial charge < -0.3 is 14.7 Å². The molecule has 1 N–H and O–H groups in total. The van der Waals surface area contributed by atoms with Crippen LogP contribution >= 0.6 is 0 Å². The van der Waals surface area contributed by atoms with Gasteiger partial charge in [0.25, 0.3) is 0 Å². The van der Waals surface area contributed by atoms with E-state index in [0.29, 0.717) is 24.1 Å². The van der Waals surface area contributed by atoms with E-state index in [9.17, 15) is 9.18 Å². The lowest BCUT2D eigenvalue weighted by Gasteiger charge is -2.33. The molecule has 0 unspecified atom stereocenters. The average Bonchev–Trinajstić information content (AvgIpc) is 2.61. The number of carbonyl (C=O) groups is 1. The third-order valence-corrected chi connectivity index (χ3v) is 4.13. The Morgan fingerprint density at radius 3 is 2.88 bits per heavy atom. The van der Waals surface area contributed by atoms with E-state index < -0.39 is 5.97 Å². The molecule has 1 saturated heterocycles. The highest BCUT2D eigenvalue weighted by molar-refractivity contribution is 5.88. The maximum Gasteiger partial charge on any atom is 0.335 e. The predicted molar refractivity (Wildman–Crippen MR) is 88.0 cm³/mol. The molecule has 2 heterocycles. The Kier molecular flexibility index (Phi) is 4.93. The number of nitrogens with zero attached hydrogens (tertiary/aromatic N) is 2. The number of rotatable bonds is 5. The second kappa shape index (κ2) is 7.29. The van der Waals surface area contributed by atoms with E-state index in [2.05, 4.69) is 9.88 Å². The molecule has 1 aliphatic rings. The number of aromatic carboxylic acids is 1. The standard InChI is InChI=1S/C18H19FN2O3/c19-15-3-5-16(6-4-15)24-12-13-2-1-9-21(11-13)17-10-14(18(22)23)7-8-20-17/h3-8,10,13H,1-2,9,11-12H2,(H,22,23)/t13-/m0/s1. The highest BCUT2D eigenvalue weighted by Crippen LogP contribution is 2.23. The van der Waals surface area contributed by atoms with Crippen molar-refractivity contribution in [3.05, 3.63) is 54.0 Å². The van der Waals surface area contributed by atoms with Gasteiger partial charge in [-0.2, -0.15) is 0 Å². The Labute approximate surface area is 139 Å². The first kappa shape index (κ1) is 16.2. The van der Waals surface area contributed by atoms with Crippen LogP contribution in [-0.4, -0.2) is 35.8 Å². The Morgan fingerprint density at radius 1 is 1.33 bits per heavy atom. The molecule has 0 bridgehead atoms. The van der Waals surface area contributed by atoms with Crippen molar-refractivity contribution in [2.75, 3.05) is 24.6 Å². The first-order valence-electron chi connectivity index (χ1n) is 7.94. The second-order valence-corrected chi connectivity index (χ2v) is 5.93. The minimum Gasteiger partial charge on any atom is -0.493 e. The summed E-state index contributed by atoms with van der Waals surface area (Å²) < 4.78 is 18.6. The summed E-state index contributed by atoms with van der Waals surface area (Å²) in [6, 6.07) is 9.09. The van der Waals surface area contributed by atoms with Gasteiger partial charge in [-0.3, -0.25) is 0 Å². The summed E-state index contributed by atoms with van der Waals surface area (Å²) in [5.41, 5.74) is 0.240. The molecule has 1 aliphatic heterocycles. The fourth-order valence-electron chi connectivity index (χ4n) is 2.88. The summed E-state index contributed by atoms with van der Waals surface area (Å²) in [6.07, 6.45) is 3.56. The summed E-state index contributed by atoms with van der Waals surface area (Å²) in [5.74, 6) is 0.419. The van der Waals surface area contributed by atoms with Gasteiger partial charge in [-0.1, -0.05) is 0 Å². The molecule has 0 saturated carbocycles. The minimum atomic E-state index is -0.952. The molecule has 0 aliphatic carbocycles. The van der Waals surface area contributed by atoms with Crippen molar-refractivity contribution in [1.29, 1.82) is 0 Å². The normalized spacial score (nSPS) is 17.5. The Bertz CT molecular complexity index is 706. The van der Waals surface area contributed by atoms with Gasteiger partial charge in [0.1, 0.15) is 17.4 Å². The van der Waals surface area contributed by atoms with E-state index in [-0.39, 0.29) is 11.4 Å². The second-order valence-electron chi connectivity index (χ2n) is 5.93. The number of ether oxygens (including phenoxy) is 1. The first-order valence-corrected chi connectivity index (χ1v) is 7.94. The van der Waals surface area contributed by atoms with Crippen molar-refractivity contribution in [2.24, 2.45) is 5.92 Å². The molecule has 6 heteroatoms. The van der Waals surface area contributed by atoms with Crippen LogP contribution in [0.2, 0.25) is 0 Å². The molecule has 3 rings (SSSR count). The molecule has 2 aromatic rings. The number of carboxylic acid groups (broad SMARTS) is 1. The SMILES string of the molecule is O=C(O)c1ccnc(N2CCC[C@H](COc3ccc(F)cc3)C2)c1. The summed E-state index contributed by atoms with van der Waals surface area (Å²) >= 11 is 0. The number of hydrogen-bond donors (Lipinski definition) is 1. The Morgan fingerprint density at radius 2 is 2.12 bits per heavy atom. The van der Waals surface area contributed by atoms with E-state index in [0.717, 1.165) is 25.9 Å². The molecule has 1 aromatic carbocycles. The molecule has 1 fully saturated rings. The zero-order chi connectivity index (χ0) is 16.9. The van der Waals surface area contributed by atoms with Crippen molar-refractivity contribution < 1.29 is 19.0 Å². The van der Waals surface area contributed by atoms with Gasteiger partial charge in [-0.25, -0.2) is 14.2 Å². The third-order valence-electron chi connectivity index (χ3n) is 4.13. The number of halogens is 1. The van der Waals surface area contributed by atoms with Gasteiger partial charge in [0.2, 0.25) is 0 Å². The van der Waals surface area contributed by atoms with Crippen molar-refractivity contribution in [1.82, 2.24) is 4.98 Å². The van der Waals surface area contributed by atoms with Crippen LogP contribution in [0.1, 0.15) is 23.2 Å². The highest BCUT2D eigenvalue weighted by Gasteiger charge is 2.22. The zero-order valence-electron chi connectivity index (χ0n) is 13.2. The topological polar surface area (TPSA) is 62.7 Å². The average molecular weight is 330 g/mol. The molecule has 5 nitrogen and oxygen atoms in total. The van der Waals surface area contributed by atoms with Crippen LogP contribution in [0, 0.1) is 11.7 Å². The number of benzene rings is 1. The zero-order valence-corrected chi connectivity index (χ0v) is 13.2. The molecule has 1 atom stereocenters. The van der Waals surface area contributed by atoms with Crippen molar-refractivity contribution >= 4 is 11.8 Å². The molecule has 0 radical (unpaired) electrons. The molecular weight excluding hydrogens is 311 g/mol. The van der Waals surface area contributed by atoms with Gasteiger partial charge in [-0.15, -0.1) is 0 Å². The monoisotopic (exact) mass is 330 g/mol. The minimum absolute atomic E-state index is 0.240. The maximum absolute atomic E-state index is 12.9. The molecular formula is C18H19FN2O3. The smallest absolute Gasteiger partial charge is 0.335 e. The first-order chi connectivity index (χ1) is 11.6. The van der Waals surface area contributed by atoms with Crippen LogP contribution in [0.15, 0.2) is 42.6 Å². The van der Waals surface area contributed by atoms with E-state index in [1.807, 2.05) is 0 Å². The van der Waals surface area contributed by atoms with Gasteiger partial charge in [0.05, 0.1) is 12.2 Å². The fraction of sp³-hybridized carbons (Fsp3) is 0.333. The van der Waals surface area contributed by atoms with Crippen LogP contribution in [0.25, 0.3) is 0 Å². The number of aromatic nitrogens is 1. The number of pyridine rings is 1. The summed E-state index contributed by atoms with van der Waals surface area (Å²) in [6.45, 7) is 2.15. The van der Waals surface area contributed by atoms with Crippen LogP contribution in [0.3, 0.4) is 0 Å². The lowest BCUT2D eigenvalue weighted by Crippen LogP contribution is -2.38. The predicted octanol–water partition coefficient (Wildman–Crippen LogP) is 3.21. The molecule has 1 aromatic heterocycles. The van der Waals surface area contributed by atoms with Crippen molar-refractivity contribution in [3.63, 3.8) is 0 Å². The number of anilines is 1. The van der Waals surface area contributed by atoms with Crippen LogP contribution in [0.5, 0.6) is 5.75 Å². The lowest BCUT2D eigenvalue weighted by molar-refractivity contribution is 0.0696. The number of hydrogen-bond acceptors (Lipinski definition) is 4. The van der Waals surface area contributed by atoms with Crippen LogP contribution < -0.4 is 9.64 Å². The van der Waals surface area contributed by atoms with Gasteiger partial charge >= 0.3 is 5.97 Å². The van der Waals surface area contributed by atoms with E-state index in [1.165, 1.54) is 24.4 Å². The van der Waals surface area contributed by atoms with Gasteiger partial charge in [-0.05, 0) is 49.2 Å². The third kappa shape index (κ3) is 4.01. The Balaban J connectivity index is 1.60. The maximum atomic E-state index is 12.9. The number of carboxylic acids is 1. The van der Waals surface area contributed by atoms with Crippen LogP contribution in [0.4, 0.5) is 10.2 Å². The van der Waals surface area contributed by atoms with Crippen LogP contribution in [-0.2, 0) is 0 Å². The van der Waals surface area contributed by atoms with Gasteiger partial charge in [0, 0.05) is 25.2 Å². The molecule has 0 spiro atoms. The van der Waals surface area contributed by atoms with Crippen molar-refractivity contribution in [2.45, 2.75) is 12.8 Å². The lowest BCUT2D eigenvalue weighted by atomic mass is 9.99. The molecule has 24 heavy (non-hydrogen) atoms. The summed E-state index contributed by atoms with van der Waals surface area (Å²) in [7, 11) is 0. The molecule has 126 valence electrons. The van der Waals surface area contributed by atoms with Crippen molar-refractivity contribution in [3.8, 4) is 5.75 Å². The highest BCUT2D eigenvalue weighted by atomic mass is 19.1. The van der Waals surface area contributed by atoms with E-state index in [4.69, 9.17) is 9.84 Å². The van der Waals surface area contributed by atoms with E-state index >= 15 is 0 Å². The fourth-order valence-corrected chi connectivity index (χ4v) is 2.88. The quantitative estimate of drug-likeness (QED) is 0.912. The summed E-state index contributed by atoms with van der Waals surface area (Å²) in [5, 5.41) is 9.10. The number of piperidine rings is 1.